The quantitative estimate of drug-likeness (QED) is 0.818. The number of aliphatic hydroxyl groups excluding tert-OH is 1. The molecule has 2 nitrogen and oxygen atoms in total. The molecule has 112 valence electrons. The average Bonchev–Trinajstić information content (AvgIpc) is 2.48. The largest absolute Gasteiger partial charge is 0.493 e. The lowest BCUT2D eigenvalue weighted by Crippen LogP contribution is -2.04. The summed E-state index contributed by atoms with van der Waals surface area (Å²) in [5.41, 5.74) is 2.92. The van der Waals surface area contributed by atoms with E-state index in [-0.39, 0.29) is 0 Å². The molecule has 1 atom stereocenters. The smallest absolute Gasteiger partial charge is 0.125 e. The Morgan fingerprint density at radius 1 is 1.05 bits per heavy atom. The molecule has 0 heterocycles. The number of halogens is 1. The van der Waals surface area contributed by atoms with Crippen LogP contribution in [0.1, 0.15) is 49.5 Å². The number of benzene rings is 2. The Morgan fingerprint density at radius 2 is 1.67 bits per heavy atom. The molecule has 0 aliphatic rings. The highest BCUT2D eigenvalue weighted by molar-refractivity contribution is 9.10. The molecule has 0 bridgehead atoms. The molecule has 1 unspecified atom stereocenters. The van der Waals surface area contributed by atoms with Crippen molar-refractivity contribution in [3.8, 4) is 5.75 Å². The van der Waals surface area contributed by atoms with E-state index >= 15 is 0 Å². The van der Waals surface area contributed by atoms with Crippen molar-refractivity contribution in [3.05, 3.63) is 63.6 Å². The molecule has 1 N–H and O–H groups in total. The van der Waals surface area contributed by atoms with Crippen molar-refractivity contribution < 1.29 is 9.84 Å². The van der Waals surface area contributed by atoms with Gasteiger partial charge in [0.15, 0.2) is 0 Å². The van der Waals surface area contributed by atoms with Gasteiger partial charge in [-0.15, -0.1) is 0 Å². The summed E-state index contributed by atoms with van der Waals surface area (Å²) in [5, 5.41) is 10.7. The first-order valence-corrected chi connectivity index (χ1v) is 8.02. The van der Waals surface area contributed by atoms with Crippen LogP contribution in [0.5, 0.6) is 5.75 Å². The molecule has 21 heavy (non-hydrogen) atoms. The molecule has 0 saturated heterocycles. The molecule has 0 fully saturated rings. The third-order valence-electron chi connectivity index (χ3n) is 3.49. The minimum absolute atomic E-state index is 0.487. The van der Waals surface area contributed by atoms with Crippen LogP contribution in [0.4, 0.5) is 0 Å². The Morgan fingerprint density at radius 3 is 2.24 bits per heavy atom. The highest BCUT2D eigenvalue weighted by Gasteiger charge is 2.16. The fourth-order valence-corrected chi connectivity index (χ4v) is 2.64. The van der Waals surface area contributed by atoms with Crippen LogP contribution in [0.25, 0.3) is 0 Å². The van der Waals surface area contributed by atoms with Gasteiger partial charge < -0.3 is 9.84 Å². The fraction of sp³-hybridized carbons (Fsp3) is 0.333. The van der Waals surface area contributed by atoms with Crippen LogP contribution >= 0.6 is 15.9 Å². The van der Waals surface area contributed by atoms with Gasteiger partial charge in [-0.05, 0) is 42.2 Å². The minimum Gasteiger partial charge on any atom is -0.493 e. The summed E-state index contributed by atoms with van der Waals surface area (Å²) in [6.07, 6.45) is -0.690. The normalized spacial score (nSPS) is 12.5. The Bertz CT molecular complexity index is 591. The van der Waals surface area contributed by atoms with Crippen molar-refractivity contribution >= 4 is 15.9 Å². The zero-order chi connectivity index (χ0) is 15.4. The Kier molecular flexibility index (Phi) is 5.43. The van der Waals surface area contributed by atoms with Crippen LogP contribution in [-0.4, -0.2) is 11.7 Å². The van der Waals surface area contributed by atoms with Crippen molar-refractivity contribution in [2.75, 3.05) is 6.61 Å². The molecular formula is C18H21BrO2. The van der Waals surface area contributed by atoms with E-state index in [9.17, 15) is 5.11 Å². The highest BCUT2D eigenvalue weighted by atomic mass is 79.9. The van der Waals surface area contributed by atoms with Crippen LogP contribution in [0.2, 0.25) is 0 Å². The van der Waals surface area contributed by atoms with E-state index in [1.165, 1.54) is 5.56 Å². The predicted molar refractivity (Wildman–Crippen MR) is 89.9 cm³/mol. The molecule has 0 amide bonds. The maximum absolute atomic E-state index is 10.7. The van der Waals surface area contributed by atoms with Crippen LogP contribution < -0.4 is 4.74 Å². The molecule has 0 aliphatic heterocycles. The van der Waals surface area contributed by atoms with Crippen LogP contribution in [-0.2, 0) is 0 Å². The number of ether oxygens (including phenoxy) is 1. The molecule has 2 rings (SSSR count). The van der Waals surface area contributed by atoms with E-state index in [1.807, 2.05) is 37.3 Å². The van der Waals surface area contributed by atoms with Crippen LogP contribution in [0, 0.1) is 0 Å². The SMILES string of the molecule is CCOc1ccc(Br)cc1C(O)c1ccc(C(C)C)cc1. The van der Waals surface area contributed by atoms with Gasteiger partial charge >= 0.3 is 0 Å². The van der Waals surface area contributed by atoms with Crippen molar-refractivity contribution in [3.63, 3.8) is 0 Å². The number of aliphatic hydroxyl groups is 1. The van der Waals surface area contributed by atoms with E-state index in [4.69, 9.17) is 4.74 Å². The van der Waals surface area contributed by atoms with Gasteiger partial charge in [-0.3, -0.25) is 0 Å². The second-order valence-electron chi connectivity index (χ2n) is 5.34. The summed E-state index contributed by atoms with van der Waals surface area (Å²) >= 11 is 3.45. The van der Waals surface area contributed by atoms with Gasteiger partial charge in [0.2, 0.25) is 0 Å². The van der Waals surface area contributed by atoms with Gasteiger partial charge in [-0.25, -0.2) is 0 Å². The van der Waals surface area contributed by atoms with E-state index in [0.29, 0.717) is 12.5 Å². The maximum atomic E-state index is 10.7. The lowest BCUT2D eigenvalue weighted by molar-refractivity contribution is 0.212. The third kappa shape index (κ3) is 3.86. The van der Waals surface area contributed by atoms with Gasteiger partial charge in [0, 0.05) is 10.0 Å². The lowest BCUT2D eigenvalue weighted by atomic mass is 9.96. The maximum Gasteiger partial charge on any atom is 0.125 e. The topological polar surface area (TPSA) is 29.5 Å². The summed E-state index contributed by atoms with van der Waals surface area (Å²) in [5.74, 6) is 1.21. The summed E-state index contributed by atoms with van der Waals surface area (Å²) in [6.45, 7) is 6.84. The molecule has 2 aromatic rings. The van der Waals surface area contributed by atoms with Crippen LogP contribution in [0.15, 0.2) is 46.9 Å². The first-order valence-electron chi connectivity index (χ1n) is 7.23. The molecule has 0 aromatic heterocycles. The first-order chi connectivity index (χ1) is 10.0. The van der Waals surface area contributed by atoms with E-state index in [2.05, 4.69) is 41.9 Å². The van der Waals surface area contributed by atoms with Gasteiger partial charge in [0.25, 0.3) is 0 Å². The van der Waals surface area contributed by atoms with E-state index in [0.717, 1.165) is 21.3 Å². The zero-order valence-electron chi connectivity index (χ0n) is 12.6. The molecular weight excluding hydrogens is 328 g/mol. The zero-order valence-corrected chi connectivity index (χ0v) is 14.2. The predicted octanol–water partition coefficient (Wildman–Crippen LogP) is 5.05. The second-order valence-corrected chi connectivity index (χ2v) is 6.25. The van der Waals surface area contributed by atoms with Crippen LogP contribution in [0.3, 0.4) is 0 Å². The Balaban J connectivity index is 2.34. The summed E-state index contributed by atoms with van der Waals surface area (Å²) in [7, 11) is 0. The van der Waals surface area contributed by atoms with Crippen molar-refractivity contribution in [1.82, 2.24) is 0 Å². The number of hydrogen-bond acceptors (Lipinski definition) is 2. The summed E-state index contributed by atoms with van der Waals surface area (Å²) in [4.78, 5) is 0. The van der Waals surface area contributed by atoms with Crippen molar-refractivity contribution in [2.45, 2.75) is 32.8 Å². The fourth-order valence-electron chi connectivity index (χ4n) is 2.26. The van der Waals surface area contributed by atoms with Gasteiger partial charge in [-0.1, -0.05) is 54.0 Å². The Labute approximate surface area is 134 Å². The van der Waals surface area contributed by atoms with Gasteiger partial charge in [0.1, 0.15) is 11.9 Å². The van der Waals surface area contributed by atoms with Crippen molar-refractivity contribution in [1.29, 1.82) is 0 Å². The monoisotopic (exact) mass is 348 g/mol. The van der Waals surface area contributed by atoms with Gasteiger partial charge in [0.05, 0.1) is 6.61 Å². The lowest BCUT2D eigenvalue weighted by Gasteiger charge is -2.17. The van der Waals surface area contributed by atoms with E-state index in [1.54, 1.807) is 0 Å². The third-order valence-corrected chi connectivity index (χ3v) is 3.98. The summed E-state index contributed by atoms with van der Waals surface area (Å²) in [6, 6.07) is 13.8. The van der Waals surface area contributed by atoms with E-state index < -0.39 is 6.10 Å². The minimum atomic E-state index is -0.690. The number of hydrogen-bond donors (Lipinski definition) is 1. The molecule has 3 heteroatoms. The molecule has 0 saturated carbocycles. The second kappa shape index (κ2) is 7.10. The molecule has 0 spiro atoms. The van der Waals surface area contributed by atoms with Crippen molar-refractivity contribution in [2.24, 2.45) is 0 Å². The molecule has 0 aliphatic carbocycles. The first kappa shape index (κ1) is 16.1. The average molecular weight is 349 g/mol. The standard InChI is InChI=1S/C18H21BrO2/c1-4-21-17-10-9-15(19)11-16(17)18(20)14-7-5-13(6-8-14)12(2)3/h5-12,18,20H,4H2,1-3H3. The Hall–Kier alpha value is -1.32. The summed E-state index contributed by atoms with van der Waals surface area (Å²) < 4.78 is 6.55. The number of rotatable bonds is 5. The molecule has 0 radical (unpaired) electrons. The highest BCUT2D eigenvalue weighted by Crippen LogP contribution is 2.33. The van der Waals surface area contributed by atoms with Gasteiger partial charge in [-0.2, -0.15) is 0 Å². The molecule has 2 aromatic carbocycles.